The molecule has 0 radical (unpaired) electrons. The Morgan fingerprint density at radius 1 is 1.17 bits per heavy atom. The average molecular weight is 345 g/mol. The van der Waals surface area contributed by atoms with Crippen LogP contribution in [0.5, 0.6) is 0 Å². The van der Waals surface area contributed by atoms with Gasteiger partial charge in [-0.25, -0.2) is 0 Å². The number of carbonyl (C=O) groups is 2. The Hall–Kier alpha value is -2.09. The number of carbonyl (C=O) groups excluding carboxylic acids is 2. The van der Waals surface area contributed by atoms with Crippen LogP contribution in [0.4, 0.5) is 18.9 Å². The molecule has 0 saturated carbocycles. The van der Waals surface area contributed by atoms with Gasteiger partial charge in [0.25, 0.3) is 0 Å². The maximum atomic E-state index is 12.9. The van der Waals surface area contributed by atoms with Crippen LogP contribution in [0.1, 0.15) is 38.8 Å². The Balaban J connectivity index is 2.92. The van der Waals surface area contributed by atoms with Crippen molar-refractivity contribution in [1.82, 2.24) is 5.32 Å². The summed E-state index contributed by atoms with van der Waals surface area (Å²) in [6.45, 7) is 6.42. The van der Waals surface area contributed by atoms with Crippen molar-refractivity contribution >= 4 is 17.5 Å². The Morgan fingerprint density at radius 2 is 1.75 bits per heavy atom. The zero-order valence-corrected chi connectivity index (χ0v) is 14.0. The highest BCUT2D eigenvalue weighted by atomic mass is 19.4. The molecule has 4 N–H and O–H groups in total. The van der Waals surface area contributed by atoms with E-state index < -0.39 is 29.1 Å². The van der Waals surface area contributed by atoms with E-state index >= 15 is 0 Å². The van der Waals surface area contributed by atoms with Crippen molar-refractivity contribution in [3.63, 3.8) is 0 Å². The van der Waals surface area contributed by atoms with Crippen LogP contribution in [0.25, 0.3) is 0 Å². The molecule has 0 heterocycles. The monoisotopic (exact) mass is 345 g/mol. The summed E-state index contributed by atoms with van der Waals surface area (Å²) in [5.74, 6) is -0.952. The number of nitrogens with one attached hydrogen (secondary N) is 2. The summed E-state index contributed by atoms with van der Waals surface area (Å²) in [6, 6.07) is 2.23. The molecule has 0 aliphatic heterocycles. The number of benzene rings is 1. The van der Waals surface area contributed by atoms with E-state index in [1.54, 1.807) is 20.8 Å². The Labute approximate surface area is 138 Å². The van der Waals surface area contributed by atoms with E-state index in [0.29, 0.717) is 0 Å². The molecule has 0 spiro atoms. The van der Waals surface area contributed by atoms with Gasteiger partial charge in [-0.1, -0.05) is 20.8 Å². The zero-order chi connectivity index (χ0) is 18.7. The zero-order valence-electron chi connectivity index (χ0n) is 14.0. The van der Waals surface area contributed by atoms with Crippen LogP contribution in [-0.4, -0.2) is 17.9 Å². The van der Waals surface area contributed by atoms with Crippen LogP contribution < -0.4 is 16.4 Å². The fourth-order valence-corrected chi connectivity index (χ4v) is 1.77. The number of halogens is 3. The lowest BCUT2D eigenvalue weighted by atomic mass is 9.95. The van der Waals surface area contributed by atoms with Crippen LogP contribution in [-0.2, 0) is 22.3 Å². The Bertz CT molecular complexity index is 622. The number of alkyl halides is 3. The second-order valence-corrected chi connectivity index (χ2v) is 6.55. The Morgan fingerprint density at radius 3 is 2.21 bits per heavy atom. The van der Waals surface area contributed by atoms with Crippen molar-refractivity contribution in [1.29, 1.82) is 0 Å². The second-order valence-electron chi connectivity index (χ2n) is 6.55. The highest BCUT2D eigenvalue weighted by molar-refractivity contribution is 5.97. The number of amides is 2. The SMILES string of the molecule is CC(NC(=O)C(C)(C)C)C(=O)Nc1cc(CN)cc(C(F)(F)F)c1. The van der Waals surface area contributed by atoms with E-state index in [4.69, 9.17) is 5.73 Å². The van der Waals surface area contributed by atoms with Crippen molar-refractivity contribution in [2.24, 2.45) is 11.1 Å². The first-order valence-corrected chi connectivity index (χ1v) is 7.37. The third kappa shape index (κ3) is 5.52. The summed E-state index contributed by atoms with van der Waals surface area (Å²) in [5.41, 5.74) is 4.04. The molecule has 0 aliphatic rings. The van der Waals surface area contributed by atoms with Crippen molar-refractivity contribution in [2.45, 2.75) is 46.5 Å². The van der Waals surface area contributed by atoms with Gasteiger partial charge in [-0.05, 0) is 30.7 Å². The van der Waals surface area contributed by atoms with Gasteiger partial charge >= 0.3 is 6.18 Å². The topological polar surface area (TPSA) is 84.2 Å². The van der Waals surface area contributed by atoms with E-state index in [1.807, 2.05) is 0 Å². The summed E-state index contributed by atoms with van der Waals surface area (Å²) >= 11 is 0. The molecule has 134 valence electrons. The highest BCUT2D eigenvalue weighted by Crippen LogP contribution is 2.32. The molecule has 0 saturated heterocycles. The van der Waals surface area contributed by atoms with Crippen molar-refractivity contribution in [3.8, 4) is 0 Å². The molecule has 8 heteroatoms. The number of rotatable bonds is 4. The fourth-order valence-electron chi connectivity index (χ4n) is 1.77. The van der Waals surface area contributed by atoms with E-state index in [0.717, 1.165) is 12.1 Å². The van der Waals surface area contributed by atoms with Crippen LogP contribution in [0.2, 0.25) is 0 Å². The van der Waals surface area contributed by atoms with E-state index in [-0.39, 0.29) is 23.7 Å². The number of anilines is 1. The first-order valence-electron chi connectivity index (χ1n) is 7.37. The van der Waals surface area contributed by atoms with E-state index in [1.165, 1.54) is 13.0 Å². The van der Waals surface area contributed by atoms with E-state index in [2.05, 4.69) is 10.6 Å². The lowest BCUT2D eigenvalue weighted by Crippen LogP contribution is -2.46. The molecule has 2 amide bonds. The predicted octanol–water partition coefficient (Wildman–Crippen LogP) is 2.65. The third-order valence-electron chi connectivity index (χ3n) is 3.25. The quantitative estimate of drug-likeness (QED) is 0.784. The summed E-state index contributed by atoms with van der Waals surface area (Å²) in [4.78, 5) is 24.0. The third-order valence-corrected chi connectivity index (χ3v) is 3.25. The van der Waals surface area contributed by atoms with Crippen molar-refractivity contribution in [3.05, 3.63) is 29.3 Å². The molecule has 1 atom stereocenters. The van der Waals surface area contributed by atoms with Gasteiger partial charge in [-0.2, -0.15) is 13.2 Å². The number of nitrogens with two attached hydrogens (primary N) is 1. The van der Waals surface area contributed by atoms with Gasteiger partial charge in [-0.15, -0.1) is 0 Å². The van der Waals surface area contributed by atoms with Crippen LogP contribution in [0.3, 0.4) is 0 Å². The highest BCUT2D eigenvalue weighted by Gasteiger charge is 2.31. The van der Waals surface area contributed by atoms with Crippen molar-refractivity contribution in [2.75, 3.05) is 5.32 Å². The first-order chi connectivity index (χ1) is 10.8. The van der Waals surface area contributed by atoms with Gasteiger partial charge in [0.2, 0.25) is 11.8 Å². The molecule has 1 unspecified atom stereocenters. The molecule has 0 aromatic heterocycles. The van der Waals surface area contributed by atoms with Crippen LogP contribution in [0.15, 0.2) is 18.2 Å². The molecule has 1 rings (SSSR count). The van der Waals surface area contributed by atoms with Crippen molar-refractivity contribution < 1.29 is 22.8 Å². The summed E-state index contributed by atoms with van der Waals surface area (Å²) in [7, 11) is 0. The summed E-state index contributed by atoms with van der Waals surface area (Å²) < 4.78 is 38.6. The smallest absolute Gasteiger partial charge is 0.344 e. The maximum absolute atomic E-state index is 12.9. The fraction of sp³-hybridized carbons (Fsp3) is 0.500. The molecule has 1 aromatic rings. The minimum Gasteiger partial charge on any atom is -0.344 e. The van der Waals surface area contributed by atoms with Gasteiger partial charge in [0.1, 0.15) is 6.04 Å². The van der Waals surface area contributed by atoms with Gasteiger partial charge in [0.15, 0.2) is 0 Å². The second kappa shape index (κ2) is 7.21. The standard InChI is InChI=1S/C16H22F3N3O2/c1-9(21-14(24)15(2,3)4)13(23)22-12-6-10(8-20)5-11(7-12)16(17,18)19/h5-7,9H,8,20H2,1-4H3,(H,21,24)(H,22,23). The minimum absolute atomic E-state index is 0.0212. The molecular weight excluding hydrogens is 323 g/mol. The summed E-state index contributed by atoms with van der Waals surface area (Å²) in [6.07, 6.45) is -4.54. The molecule has 0 fully saturated rings. The largest absolute Gasteiger partial charge is 0.416 e. The van der Waals surface area contributed by atoms with Crippen LogP contribution >= 0.6 is 0 Å². The molecule has 24 heavy (non-hydrogen) atoms. The van der Waals surface area contributed by atoms with E-state index in [9.17, 15) is 22.8 Å². The molecule has 0 aliphatic carbocycles. The molecule has 5 nitrogen and oxygen atoms in total. The molecule has 0 bridgehead atoms. The predicted molar refractivity (Wildman–Crippen MR) is 85.0 cm³/mol. The molecular formula is C16H22F3N3O2. The van der Waals surface area contributed by atoms with Gasteiger partial charge in [0.05, 0.1) is 5.56 Å². The summed E-state index contributed by atoms with van der Waals surface area (Å²) in [5, 5.41) is 4.89. The Kier molecular flexibility index (Phi) is 5.99. The average Bonchev–Trinajstić information content (AvgIpc) is 2.44. The normalized spacial score (nSPS) is 13.3. The lowest BCUT2D eigenvalue weighted by Gasteiger charge is -2.21. The number of hydrogen-bond acceptors (Lipinski definition) is 3. The van der Waals surface area contributed by atoms with Crippen LogP contribution in [0, 0.1) is 5.41 Å². The van der Waals surface area contributed by atoms with Gasteiger partial charge < -0.3 is 16.4 Å². The number of hydrogen-bond donors (Lipinski definition) is 3. The van der Waals surface area contributed by atoms with Gasteiger partial charge in [0, 0.05) is 17.6 Å². The molecule has 1 aromatic carbocycles. The minimum atomic E-state index is -4.54. The van der Waals surface area contributed by atoms with Gasteiger partial charge in [-0.3, -0.25) is 9.59 Å². The maximum Gasteiger partial charge on any atom is 0.416 e. The lowest BCUT2D eigenvalue weighted by molar-refractivity contribution is -0.137. The first kappa shape index (κ1) is 20.0.